The fourth-order valence-electron chi connectivity index (χ4n) is 3.77. The summed E-state index contributed by atoms with van der Waals surface area (Å²) in [4.78, 5) is 40.8. The van der Waals surface area contributed by atoms with E-state index in [1.807, 2.05) is 24.3 Å². The Morgan fingerprint density at radius 2 is 1.79 bits per heavy atom. The van der Waals surface area contributed by atoms with E-state index < -0.39 is 17.1 Å². The van der Waals surface area contributed by atoms with Crippen molar-refractivity contribution in [1.29, 1.82) is 0 Å². The van der Waals surface area contributed by atoms with E-state index >= 15 is 0 Å². The standard InChI is InChI=1S/C23H25FN2O3/c1-4-16-8-10-17(11-9-16)15-25(2)20(27)13-23(14-21(28)26(3)22(23)29)18-6-5-7-19(24)12-18/h5-12H,4,13-15H2,1-3H3. The minimum atomic E-state index is -1.37. The molecule has 0 saturated carbocycles. The number of hydrogen-bond acceptors (Lipinski definition) is 3. The highest BCUT2D eigenvalue weighted by molar-refractivity contribution is 6.10. The number of benzene rings is 2. The molecule has 0 aromatic heterocycles. The van der Waals surface area contributed by atoms with E-state index in [0.29, 0.717) is 12.1 Å². The number of aryl methyl sites for hydroxylation is 1. The maximum Gasteiger partial charge on any atom is 0.240 e. The molecule has 0 aliphatic carbocycles. The lowest BCUT2D eigenvalue weighted by Crippen LogP contribution is -2.41. The smallest absolute Gasteiger partial charge is 0.240 e. The van der Waals surface area contributed by atoms with Gasteiger partial charge in [0.05, 0.1) is 5.41 Å². The van der Waals surface area contributed by atoms with Gasteiger partial charge in [0.2, 0.25) is 17.7 Å². The van der Waals surface area contributed by atoms with Gasteiger partial charge in [0.15, 0.2) is 0 Å². The molecule has 1 atom stereocenters. The molecular weight excluding hydrogens is 371 g/mol. The minimum absolute atomic E-state index is 0.142. The summed E-state index contributed by atoms with van der Waals surface area (Å²) in [5, 5.41) is 0. The van der Waals surface area contributed by atoms with Crippen molar-refractivity contribution >= 4 is 17.7 Å². The normalized spacial score (nSPS) is 19.0. The molecule has 1 fully saturated rings. The predicted molar refractivity (Wildman–Crippen MR) is 107 cm³/mol. The van der Waals surface area contributed by atoms with E-state index in [4.69, 9.17) is 0 Å². The third-order valence-corrected chi connectivity index (χ3v) is 5.65. The van der Waals surface area contributed by atoms with Gasteiger partial charge in [-0.3, -0.25) is 19.3 Å². The van der Waals surface area contributed by atoms with Crippen LogP contribution in [-0.2, 0) is 32.8 Å². The maximum atomic E-state index is 13.9. The zero-order valence-corrected chi connectivity index (χ0v) is 16.9. The van der Waals surface area contributed by atoms with Crippen molar-refractivity contribution in [2.75, 3.05) is 14.1 Å². The van der Waals surface area contributed by atoms with Gasteiger partial charge in [-0.1, -0.05) is 43.3 Å². The first kappa shape index (κ1) is 20.7. The van der Waals surface area contributed by atoms with Crippen LogP contribution in [0, 0.1) is 5.82 Å². The van der Waals surface area contributed by atoms with E-state index in [0.717, 1.165) is 16.9 Å². The third kappa shape index (κ3) is 4.06. The average Bonchev–Trinajstić information content (AvgIpc) is 2.93. The van der Waals surface area contributed by atoms with E-state index in [1.54, 1.807) is 13.1 Å². The number of carbonyl (C=O) groups excluding carboxylic acids is 3. The Labute approximate surface area is 170 Å². The molecule has 3 amide bonds. The van der Waals surface area contributed by atoms with E-state index in [-0.39, 0.29) is 24.7 Å². The highest BCUT2D eigenvalue weighted by atomic mass is 19.1. The Bertz CT molecular complexity index is 941. The number of nitrogens with zero attached hydrogens (tertiary/aromatic N) is 2. The van der Waals surface area contributed by atoms with Crippen molar-refractivity contribution in [2.24, 2.45) is 0 Å². The summed E-state index contributed by atoms with van der Waals surface area (Å²) in [6.07, 6.45) is 0.611. The van der Waals surface area contributed by atoms with Crippen molar-refractivity contribution in [3.8, 4) is 0 Å². The van der Waals surface area contributed by atoms with E-state index in [9.17, 15) is 18.8 Å². The van der Waals surface area contributed by atoms with Crippen molar-refractivity contribution in [3.63, 3.8) is 0 Å². The van der Waals surface area contributed by atoms with Crippen LogP contribution in [0.3, 0.4) is 0 Å². The lowest BCUT2D eigenvalue weighted by Gasteiger charge is -2.29. The van der Waals surface area contributed by atoms with Gasteiger partial charge in [-0.15, -0.1) is 0 Å². The second kappa shape index (κ2) is 8.15. The van der Waals surface area contributed by atoms with Gasteiger partial charge in [-0.05, 0) is 35.2 Å². The highest BCUT2D eigenvalue weighted by Gasteiger charge is 2.52. The predicted octanol–water partition coefficient (Wildman–Crippen LogP) is 3.06. The number of likely N-dealkylation sites (tertiary alicyclic amines) is 1. The molecule has 3 rings (SSSR count). The molecular formula is C23H25FN2O3. The zero-order valence-electron chi connectivity index (χ0n) is 16.9. The summed E-state index contributed by atoms with van der Waals surface area (Å²) in [6, 6.07) is 13.6. The van der Waals surface area contributed by atoms with Crippen LogP contribution in [-0.4, -0.2) is 41.6 Å². The minimum Gasteiger partial charge on any atom is -0.341 e. The molecule has 2 aromatic carbocycles. The Morgan fingerprint density at radius 3 is 2.34 bits per heavy atom. The lowest BCUT2D eigenvalue weighted by molar-refractivity contribution is -0.141. The van der Waals surface area contributed by atoms with Crippen molar-refractivity contribution in [3.05, 3.63) is 71.0 Å². The van der Waals surface area contributed by atoms with Crippen molar-refractivity contribution in [1.82, 2.24) is 9.80 Å². The second-order valence-electron chi connectivity index (χ2n) is 7.62. The molecule has 0 bridgehead atoms. The fraction of sp³-hybridized carbons (Fsp3) is 0.348. The van der Waals surface area contributed by atoms with Crippen LogP contribution in [0.15, 0.2) is 48.5 Å². The van der Waals surface area contributed by atoms with Crippen LogP contribution < -0.4 is 0 Å². The fourth-order valence-corrected chi connectivity index (χ4v) is 3.77. The first-order chi connectivity index (χ1) is 13.8. The molecule has 152 valence electrons. The van der Waals surface area contributed by atoms with Crippen LogP contribution in [0.25, 0.3) is 0 Å². The third-order valence-electron chi connectivity index (χ3n) is 5.65. The van der Waals surface area contributed by atoms with Crippen LogP contribution in [0.4, 0.5) is 4.39 Å². The number of likely N-dealkylation sites (N-methyl/N-ethyl adjacent to an activating group) is 1. The summed E-state index contributed by atoms with van der Waals surface area (Å²) >= 11 is 0. The zero-order chi connectivity index (χ0) is 21.2. The monoisotopic (exact) mass is 396 g/mol. The number of rotatable bonds is 6. The Balaban J connectivity index is 1.85. The highest BCUT2D eigenvalue weighted by Crippen LogP contribution is 2.40. The molecule has 0 N–H and O–H groups in total. The number of amides is 3. The lowest BCUT2D eigenvalue weighted by atomic mass is 9.75. The molecule has 2 aromatic rings. The molecule has 1 saturated heterocycles. The first-order valence-electron chi connectivity index (χ1n) is 9.65. The Kier molecular flexibility index (Phi) is 5.82. The van der Waals surface area contributed by atoms with Gasteiger partial charge >= 0.3 is 0 Å². The molecule has 1 unspecified atom stereocenters. The number of imide groups is 1. The topological polar surface area (TPSA) is 57.7 Å². The van der Waals surface area contributed by atoms with E-state index in [1.165, 1.54) is 35.7 Å². The number of carbonyl (C=O) groups is 3. The summed E-state index contributed by atoms with van der Waals surface area (Å²) in [6.45, 7) is 2.47. The molecule has 29 heavy (non-hydrogen) atoms. The maximum absolute atomic E-state index is 13.9. The van der Waals surface area contributed by atoms with E-state index in [2.05, 4.69) is 6.92 Å². The molecule has 1 heterocycles. The molecule has 1 aliphatic rings. The summed E-state index contributed by atoms with van der Waals surface area (Å²) in [7, 11) is 3.06. The number of halogens is 1. The Morgan fingerprint density at radius 1 is 1.14 bits per heavy atom. The molecule has 1 aliphatic heterocycles. The SMILES string of the molecule is CCc1ccc(CN(C)C(=O)CC2(c3cccc(F)c3)CC(=O)N(C)C2=O)cc1. The van der Waals surface area contributed by atoms with Gasteiger partial charge in [0, 0.05) is 33.5 Å². The van der Waals surface area contributed by atoms with Crippen LogP contribution >= 0.6 is 0 Å². The first-order valence-corrected chi connectivity index (χ1v) is 9.65. The average molecular weight is 396 g/mol. The van der Waals surface area contributed by atoms with Crippen molar-refractivity contribution in [2.45, 2.75) is 38.1 Å². The Hall–Kier alpha value is -3.02. The van der Waals surface area contributed by atoms with Crippen LogP contribution in [0.5, 0.6) is 0 Å². The molecule has 0 spiro atoms. The quantitative estimate of drug-likeness (QED) is 0.705. The summed E-state index contributed by atoms with van der Waals surface area (Å²) in [5.41, 5.74) is 1.18. The van der Waals surface area contributed by atoms with Crippen LogP contribution in [0.1, 0.15) is 36.5 Å². The molecule has 0 radical (unpaired) electrons. The molecule has 6 heteroatoms. The van der Waals surface area contributed by atoms with Gasteiger partial charge < -0.3 is 4.90 Å². The largest absolute Gasteiger partial charge is 0.341 e. The van der Waals surface area contributed by atoms with Gasteiger partial charge in [-0.2, -0.15) is 0 Å². The van der Waals surface area contributed by atoms with Gasteiger partial charge in [0.25, 0.3) is 0 Å². The van der Waals surface area contributed by atoms with Gasteiger partial charge in [0.1, 0.15) is 5.82 Å². The van der Waals surface area contributed by atoms with Gasteiger partial charge in [-0.25, -0.2) is 4.39 Å². The van der Waals surface area contributed by atoms with Crippen molar-refractivity contribution < 1.29 is 18.8 Å². The van der Waals surface area contributed by atoms with Crippen LogP contribution in [0.2, 0.25) is 0 Å². The molecule has 5 nitrogen and oxygen atoms in total. The second-order valence-corrected chi connectivity index (χ2v) is 7.62. The number of hydrogen-bond donors (Lipinski definition) is 0. The summed E-state index contributed by atoms with van der Waals surface area (Å²) in [5.74, 6) is -1.62. The summed E-state index contributed by atoms with van der Waals surface area (Å²) < 4.78 is 13.9.